The third kappa shape index (κ3) is 4.03. The summed E-state index contributed by atoms with van der Waals surface area (Å²) in [7, 11) is -3.44. The van der Waals surface area contributed by atoms with Crippen LogP contribution < -0.4 is 10.5 Å². The molecule has 0 aliphatic rings. The van der Waals surface area contributed by atoms with Gasteiger partial charge in [-0.1, -0.05) is 13.3 Å². The van der Waals surface area contributed by atoms with Gasteiger partial charge in [-0.05, 0) is 35.3 Å². The molecule has 17 heavy (non-hydrogen) atoms. The zero-order valence-electron chi connectivity index (χ0n) is 9.86. The first kappa shape index (κ1) is 15.1. The molecule has 1 aromatic heterocycles. The van der Waals surface area contributed by atoms with Crippen LogP contribution in [0.3, 0.4) is 0 Å². The highest BCUT2D eigenvalue weighted by molar-refractivity contribution is 9.11. The molecule has 3 N–H and O–H groups in total. The Morgan fingerprint density at radius 3 is 2.71 bits per heavy atom. The van der Waals surface area contributed by atoms with E-state index in [4.69, 9.17) is 5.73 Å². The molecule has 1 aromatic rings. The zero-order chi connectivity index (χ0) is 13.1. The van der Waals surface area contributed by atoms with E-state index in [0.29, 0.717) is 10.3 Å². The Morgan fingerprint density at radius 2 is 2.24 bits per heavy atom. The summed E-state index contributed by atoms with van der Waals surface area (Å²) in [5.41, 5.74) is 5.50. The van der Waals surface area contributed by atoms with Crippen LogP contribution in [0.4, 0.5) is 0 Å². The maximum atomic E-state index is 12.1. The molecular weight excluding hydrogens is 324 g/mol. The van der Waals surface area contributed by atoms with E-state index in [1.807, 2.05) is 13.8 Å². The molecule has 1 atom stereocenters. The molecule has 0 radical (unpaired) electrons. The van der Waals surface area contributed by atoms with Crippen LogP contribution in [0, 0.1) is 0 Å². The molecule has 1 heterocycles. The van der Waals surface area contributed by atoms with Crippen molar-refractivity contribution in [2.45, 2.75) is 44.2 Å². The fourth-order valence-corrected chi connectivity index (χ4v) is 5.34. The van der Waals surface area contributed by atoms with Gasteiger partial charge in [-0.25, -0.2) is 13.1 Å². The molecule has 0 saturated carbocycles. The summed E-state index contributed by atoms with van der Waals surface area (Å²) in [6.07, 6.45) is 1.77. The number of rotatable bonds is 6. The number of hydrogen-bond donors (Lipinski definition) is 2. The van der Waals surface area contributed by atoms with Crippen molar-refractivity contribution < 1.29 is 8.42 Å². The molecule has 4 nitrogen and oxygen atoms in total. The van der Waals surface area contributed by atoms with Crippen molar-refractivity contribution in [1.82, 2.24) is 4.72 Å². The van der Waals surface area contributed by atoms with Crippen molar-refractivity contribution in [2.24, 2.45) is 5.73 Å². The molecule has 98 valence electrons. The molecule has 0 fully saturated rings. The Balaban J connectivity index is 2.92. The second-order valence-electron chi connectivity index (χ2n) is 3.87. The standard InChI is InChI=1S/C10H17BrN2O2S2/c1-3-4-7(2)13-17(14,15)9-5-8(6-12)16-10(9)11/h5,7,13H,3-4,6,12H2,1-2H3. The van der Waals surface area contributed by atoms with E-state index in [-0.39, 0.29) is 10.9 Å². The van der Waals surface area contributed by atoms with Crippen molar-refractivity contribution in [3.8, 4) is 0 Å². The molecule has 7 heteroatoms. The normalized spacial score (nSPS) is 13.9. The van der Waals surface area contributed by atoms with Crippen molar-refractivity contribution in [2.75, 3.05) is 0 Å². The molecule has 0 aliphatic heterocycles. The lowest BCUT2D eigenvalue weighted by atomic mass is 10.2. The molecular formula is C10H17BrN2O2S2. The molecule has 1 rings (SSSR count). The largest absolute Gasteiger partial charge is 0.326 e. The van der Waals surface area contributed by atoms with Crippen molar-refractivity contribution in [3.63, 3.8) is 0 Å². The average molecular weight is 341 g/mol. The van der Waals surface area contributed by atoms with E-state index in [1.165, 1.54) is 11.3 Å². The Morgan fingerprint density at radius 1 is 1.59 bits per heavy atom. The van der Waals surface area contributed by atoms with E-state index in [1.54, 1.807) is 6.07 Å². The van der Waals surface area contributed by atoms with Gasteiger partial charge in [-0.2, -0.15) is 0 Å². The predicted molar refractivity (Wildman–Crippen MR) is 74.6 cm³/mol. The fraction of sp³-hybridized carbons (Fsp3) is 0.600. The van der Waals surface area contributed by atoms with Gasteiger partial charge in [0, 0.05) is 17.5 Å². The van der Waals surface area contributed by atoms with Gasteiger partial charge in [0.15, 0.2) is 0 Å². The number of nitrogens with one attached hydrogen (secondary N) is 1. The van der Waals surface area contributed by atoms with Crippen LogP contribution >= 0.6 is 27.3 Å². The van der Waals surface area contributed by atoms with Gasteiger partial charge in [-0.3, -0.25) is 0 Å². The van der Waals surface area contributed by atoms with E-state index in [0.717, 1.165) is 17.7 Å². The molecule has 0 saturated heterocycles. The molecule has 1 unspecified atom stereocenters. The maximum absolute atomic E-state index is 12.1. The van der Waals surface area contributed by atoms with Gasteiger partial charge in [-0.15, -0.1) is 11.3 Å². The average Bonchev–Trinajstić information content (AvgIpc) is 2.60. The monoisotopic (exact) mass is 340 g/mol. The SMILES string of the molecule is CCCC(C)NS(=O)(=O)c1cc(CN)sc1Br. The van der Waals surface area contributed by atoms with Crippen LogP contribution in [-0.2, 0) is 16.6 Å². The Labute approximate surface area is 115 Å². The zero-order valence-corrected chi connectivity index (χ0v) is 13.1. The minimum Gasteiger partial charge on any atom is -0.326 e. The van der Waals surface area contributed by atoms with Gasteiger partial charge in [0.2, 0.25) is 10.0 Å². The summed E-state index contributed by atoms with van der Waals surface area (Å²) in [6, 6.07) is 1.56. The van der Waals surface area contributed by atoms with E-state index in [9.17, 15) is 8.42 Å². The lowest BCUT2D eigenvalue weighted by Gasteiger charge is -2.12. The van der Waals surface area contributed by atoms with Gasteiger partial charge in [0.25, 0.3) is 0 Å². The highest BCUT2D eigenvalue weighted by Crippen LogP contribution is 2.31. The third-order valence-electron chi connectivity index (χ3n) is 2.28. The van der Waals surface area contributed by atoms with Gasteiger partial charge < -0.3 is 5.73 Å². The van der Waals surface area contributed by atoms with Crippen LogP contribution in [0.2, 0.25) is 0 Å². The number of sulfonamides is 1. The van der Waals surface area contributed by atoms with Gasteiger partial charge in [0.05, 0.1) is 3.79 Å². The summed E-state index contributed by atoms with van der Waals surface area (Å²) in [5.74, 6) is 0. The summed E-state index contributed by atoms with van der Waals surface area (Å²) in [5, 5.41) is 0. The summed E-state index contributed by atoms with van der Waals surface area (Å²) >= 11 is 4.62. The van der Waals surface area contributed by atoms with Crippen molar-refractivity contribution in [1.29, 1.82) is 0 Å². The van der Waals surface area contributed by atoms with Gasteiger partial charge in [0.1, 0.15) is 4.90 Å². The van der Waals surface area contributed by atoms with Crippen molar-refractivity contribution >= 4 is 37.3 Å². The molecule has 0 aliphatic carbocycles. The van der Waals surface area contributed by atoms with Crippen molar-refractivity contribution in [3.05, 3.63) is 14.7 Å². The second kappa shape index (κ2) is 6.29. The van der Waals surface area contributed by atoms with E-state index in [2.05, 4.69) is 20.7 Å². The quantitative estimate of drug-likeness (QED) is 0.835. The maximum Gasteiger partial charge on any atom is 0.242 e. The number of nitrogens with two attached hydrogens (primary N) is 1. The van der Waals surface area contributed by atoms with Crippen LogP contribution in [0.5, 0.6) is 0 Å². The van der Waals surface area contributed by atoms with Crippen LogP contribution in [-0.4, -0.2) is 14.5 Å². The number of halogens is 1. The Hall–Kier alpha value is 0.0500. The summed E-state index contributed by atoms with van der Waals surface area (Å²) < 4.78 is 27.4. The van der Waals surface area contributed by atoms with E-state index < -0.39 is 10.0 Å². The lowest BCUT2D eigenvalue weighted by molar-refractivity contribution is 0.544. The number of hydrogen-bond acceptors (Lipinski definition) is 4. The number of thiophene rings is 1. The second-order valence-corrected chi connectivity index (χ2v) is 8.00. The van der Waals surface area contributed by atoms with Crippen LogP contribution in [0.25, 0.3) is 0 Å². The lowest BCUT2D eigenvalue weighted by Crippen LogP contribution is -2.32. The summed E-state index contributed by atoms with van der Waals surface area (Å²) in [6.45, 7) is 4.24. The molecule has 0 aromatic carbocycles. The van der Waals surface area contributed by atoms with Crippen LogP contribution in [0.15, 0.2) is 14.7 Å². The molecule has 0 spiro atoms. The molecule has 0 amide bonds. The minimum atomic E-state index is -3.44. The predicted octanol–water partition coefficient (Wildman–Crippen LogP) is 2.44. The topological polar surface area (TPSA) is 72.2 Å². The van der Waals surface area contributed by atoms with Crippen LogP contribution in [0.1, 0.15) is 31.6 Å². The third-order valence-corrected chi connectivity index (χ3v) is 6.14. The minimum absolute atomic E-state index is 0.0573. The Kier molecular flexibility index (Phi) is 5.59. The smallest absolute Gasteiger partial charge is 0.242 e. The first-order valence-electron chi connectivity index (χ1n) is 5.41. The van der Waals surface area contributed by atoms with Gasteiger partial charge >= 0.3 is 0 Å². The first-order valence-corrected chi connectivity index (χ1v) is 8.50. The first-order chi connectivity index (χ1) is 7.90. The Bertz CT molecular complexity index is 471. The highest BCUT2D eigenvalue weighted by atomic mass is 79.9. The molecule has 0 bridgehead atoms. The highest BCUT2D eigenvalue weighted by Gasteiger charge is 2.22. The summed E-state index contributed by atoms with van der Waals surface area (Å²) in [4.78, 5) is 1.13. The fourth-order valence-electron chi connectivity index (χ4n) is 1.50. The van der Waals surface area contributed by atoms with E-state index >= 15 is 0 Å².